The number of ether oxygens (including phenoxy) is 1. The summed E-state index contributed by atoms with van der Waals surface area (Å²) in [5, 5.41) is 9.76. The van der Waals surface area contributed by atoms with Crippen LogP contribution in [0.15, 0.2) is 62.7 Å². The predicted molar refractivity (Wildman–Crippen MR) is 134 cm³/mol. The lowest BCUT2D eigenvalue weighted by atomic mass is 10.1. The summed E-state index contributed by atoms with van der Waals surface area (Å²) >= 11 is 0. The number of amides is 1. The van der Waals surface area contributed by atoms with Gasteiger partial charge in [0.15, 0.2) is 9.84 Å². The van der Waals surface area contributed by atoms with Gasteiger partial charge in [0.25, 0.3) is 0 Å². The Labute approximate surface area is 215 Å². The van der Waals surface area contributed by atoms with Gasteiger partial charge in [0.1, 0.15) is 11.8 Å². The van der Waals surface area contributed by atoms with E-state index in [0.29, 0.717) is 18.6 Å². The number of rotatable bonds is 9. The van der Waals surface area contributed by atoms with Gasteiger partial charge in [-0.15, -0.1) is 5.10 Å². The van der Waals surface area contributed by atoms with Gasteiger partial charge in [-0.1, -0.05) is 17.2 Å². The van der Waals surface area contributed by atoms with Crippen LogP contribution >= 0.6 is 0 Å². The van der Waals surface area contributed by atoms with E-state index in [4.69, 9.17) is 9.15 Å². The van der Waals surface area contributed by atoms with Gasteiger partial charge in [0.05, 0.1) is 28.6 Å². The van der Waals surface area contributed by atoms with Crippen LogP contribution in [0.5, 0.6) is 5.75 Å². The number of nitrogens with zero attached hydrogens (tertiary/aromatic N) is 3. The van der Waals surface area contributed by atoms with E-state index in [-0.39, 0.29) is 34.7 Å². The highest BCUT2D eigenvalue weighted by molar-refractivity contribution is 7.92. The van der Waals surface area contributed by atoms with Crippen LogP contribution in [0.2, 0.25) is 0 Å². The molecule has 1 atom stereocenters. The molecule has 13 heteroatoms. The van der Waals surface area contributed by atoms with Gasteiger partial charge in [0, 0.05) is 6.54 Å². The van der Waals surface area contributed by atoms with Gasteiger partial charge >= 0.3 is 6.01 Å². The van der Waals surface area contributed by atoms with Crippen molar-refractivity contribution in [3.8, 4) is 5.75 Å². The molecule has 0 saturated carbocycles. The third-order valence-electron chi connectivity index (χ3n) is 6.10. The first-order valence-corrected chi connectivity index (χ1v) is 14.6. The largest absolute Gasteiger partial charge is 0.497 e. The summed E-state index contributed by atoms with van der Waals surface area (Å²) in [6.07, 6.45) is 1.12. The summed E-state index contributed by atoms with van der Waals surface area (Å²) in [7, 11) is -5.78. The number of methoxy groups -OCH3 is 1. The Hall–Kier alpha value is -3.29. The first kappa shape index (κ1) is 26.8. The third-order valence-corrected chi connectivity index (χ3v) is 10.2. The van der Waals surface area contributed by atoms with Gasteiger partial charge < -0.3 is 9.15 Å². The molecule has 198 valence electrons. The third kappa shape index (κ3) is 5.68. The first-order valence-electron chi connectivity index (χ1n) is 11.6. The molecular formula is C24H28N4O7S2. The van der Waals surface area contributed by atoms with Gasteiger partial charge in [-0.3, -0.25) is 10.1 Å². The number of carbonyl (C=O) groups excluding carboxylic acids is 1. The second-order valence-corrected chi connectivity index (χ2v) is 13.2. The fourth-order valence-corrected chi connectivity index (χ4v) is 6.70. The Bertz CT molecular complexity index is 1470. The molecule has 1 aromatic heterocycles. The number of sulfone groups is 1. The number of benzene rings is 2. The second-order valence-electron chi connectivity index (χ2n) is 8.85. The number of hydrogen-bond donors (Lipinski definition) is 1. The second kappa shape index (κ2) is 10.6. The molecule has 1 N–H and O–H groups in total. The van der Waals surface area contributed by atoms with Crippen molar-refractivity contribution < 1.29 is 30.8 Å². The molecule has 11 nitrogen and oxygen atoms in total. The Kier molecular flexibility index (Phi) is 7.67. The first-order chi connectivity index (χ1) is 17.5. The Balaban J connectivity index is 1.42. The van der Waals surface area contributed by atoms with Crippen molar-refractivity contribution in [3.63, 3.8) is 0 Å². The molecule has 1 fully saturated rings. The number of carbonyl (C=O) groups is 1. The summed E-state index contributed by atoms with van der Waals surface area (Å²) in [5.41, 5.74) is 0.747. The molecule has 0 bridgehead atoms. The zero-order valence-corrected chi connectivity index (χ0v) is 22.3. The van der Waals surface area contributed by atoms with Gasteiger partial charge in [0.2, 0.25) is 21.8 Å². The summed E-state index contributed by atoms with van der Waals surface area (Å²) in [4.78, 5) is 13.2. The maximum absolute atomic E-state index is 13.1. The SMILES string of the molecule is COc1ccc(S(=O)(=O)N2CCCC2C(=O)Nc2nnc(Cc3ccc(S(=O)(=O)C(C)C)cc3)o2)cc1. The smallest absolute Gasteiger partial charge is 0.322 e. The Morgan fingerprint density at radius 3 is 2.32 bits per heavy atom. The lowest BCUT2D eigenvalue weighted by Gasteiger charge is -2.22. The van der Waals surface area contributed by atoms with E-state index in [1.807, 2.05) is 0 Å². The van der Waals surface area contributed by atoms with Crippen LogP contribution in [-0.4, -0.2) is 62.2 Å². The van der Waals surface area contributed by atoms with Gasteiger partial charge in [-0.05, 0) is 68.7 Å². The van der Waals surface area contributed by atoms with E-state index in [9.17, 15) is 21.6 Å². The summed E-state index contributed by atoms with van der Waals surface area (Å²) in [6, 6.07) is 11.3. The molecule has 37 heavy (non-hydrogen) atoms. The molecule has 0 radical (unpaired) electrons. The fourth-order valence-electron chi connectivity index (χ4n) is 3.98. The minimum atomic E-state index is -3.90. The minimum absolute atomic E-state index is 0.0697. The van der Waals surface area contributed by atoms with Crippen LogP contribution in [0.25, 0.3) is 0 Å². The van der Waals surface area contributed by atoms with Crippen molar-refractivity contribution >= 4 is 31.8 Å². The minimum Gasteiger partial charge on any atom is -0.497 e. The molecule has 0 aliphatic carbocycles. The zero-order chi connectivity index (χ0) is 26.8. The quantitative estimate of drug-likeness (QED) is 0.426. The van der Waals surface area contributed by atoms with Crippen molar-refractivity contribution in [1.82, 2.24) is 14.5 Å². The van der Waals surface area contributed by atoms with Crippen molar-refractivity contribution in [2.75, 3.05) is 19.0 Å². The van der Waals surface area contributed by atoms with Crippen LogP contribution < -0.4 is 10.1 Å². The molecular weight excluding hydrogens is 520 g/mol. The van der Waals surface area contributed by atoms with Crippen molar-refractivity contribution in [2.45, 2.75) is 54.2 Å². The fraction of sp³-hybridized carbons (Fsp3) is 0.375. The topological polar surface area (TPSA) is 149 Å². The monoisotopic (exact) mass is 548 g/mol. The van der Waals surface area contributed by atoms with Crippen molar-refractivity contribution in [3.05, 3.63) is 60.0 Å². The average molecular weight is 549 g/mol. The molecule has 1 aliphatic rings. The zero-order valence-electron chi connectivity index (χ0n) is 20.6. The van der Waals surface area contributed by atoms with Crippen LogP contribution in [-0.2, 0) is 31.1 Å². The number of sulfonamides is 1. The Morgan fingerprint density at radius 1 is 1.05 bits per heavy atom. The number of nitrogens with one attached hydrogen (secondary N) is 1. The number of anilines is 1. The molecule has 1 aliphatic heterocycles. The average Bonchev–Trinajstić information content (AvgIpc) is 3.54. The van der Waals surface area contributed by atoms with Crippen LogP contribution in [0.3, 0.4) is 0 Å². The number of aromatic nitrogens is 2. The summed E-state index contributed by atoms with van der Waals surface area (Å²) < 4.78 is 62.6. The highest BCUT2D eigenvalue weighted by atomic mass is 32.2. The molecule has 2 aromatic carbocycles. The van der Waals surface area contributed by atoms with E-state index >= 15 is 0 Å². The lowest BCUT2D eigenvalue weighted by molar-refractivity contribution is -0.119. The Morgan fingerprint density at radius 2 is 1.70 bits per heavy atom. The van der Waals surface area contributed by atoms with Crippen molar-refractivity contribution in [1.29, 1.82) is 0 Å². The maximum atomic E-state index is 13.1. The van der Waals surface area contributed by atoms with Crippen LogP contribution in [0, 0.1) is 0 Å². The normalized spacial score (nSPS) is 16.7. The molecule has 3 aromatic rings. The summed E-state index contributed by atoms with van der Waals surface area (Å²) in [6.45, 7) is 3.46. The van der Waals surface area contributed by atoms with Gasteiger partial charge in [-0.25, -0.2) is 16.8 Å². The highest BCUT2D eigenvalue weighted by Crippen LogP contribution is 2.28. The maximum Gasteiger partial charge on any atom is 0.322 e. The molecule has 1 saturated heterocycles. The van der Waals surface area contributed by atoms with Crippen LogP contribution in [0.4, 0.5) is 6.01 Å². The molecule has 4 rings (SSSR count). The standard InChI is InChI=1S/C24H28N4O7S2/c1-16(2)36(30,31)19-10-6-17(7-11-19)15-22-26-27-24(35-22)25-23(29)21-5-4-14-28(21)37(32,33)20-12-8-18(34-3)9-13-20/h6-13,16,21H,4-5,14-15H2,1-3H3,(H,25,27,29). The molecule has 0 spiro atoms. The molecule has 1 amide bonds. The van der Waals surface area contributed by atoms with E-state index in [0.717, 1.165) is 5.56 Å². The van der Waals surface area contributed by atoms with E-state index < -0.39 is 37.1 Å². The van der Waals surface area contributed by atoms with Crippen LogP contribution in [0.1, 0.15) is 38.1 Å². The van der Waals surface area contributed by atoms with E-state index in [2.05, 4.69) is 15.5 Å². The lowest BCUT2D eigenvalue weighted by Crippen LogP contribution is -2.43. The predicted octanol–water partition coefficient (Wildman–Crippen LogP) is 2.64. The number of hydrogen-bond acceptors (Lipinski definition) is 9. The molecule has 1 unspecified atom stereocenters. The molecule has 2 heterocycles. The summed E-state index contributed by atoms with van der Waals surface area (Å²) in [5.74, 6) is 0.176. The highest BCUT2D eigenvalue weighted by Gasteiger charge is 2.40. The van der Waals surface area contributed by atoms with E-state index in [1.54, 1.807) is 38.1 Å². The van der Waals surface area contributed by atoms with Gasteiger partial charge in [-0.2, -0.15) is 4.31 Å². The van der Waals surface area contributed by atoms with Crippen molar-refractivity contribution in [2.24, 2.45) is 0 Å². The van der Waals surface area contributed by atoms with E-state index in [1.165, 1.54) is 35.7 Å².